The summed E-state index contributed by atoms with van der Waals surface area (Å²) in [5, 5.41) is 9.06. The molecule has 11 heteroatoms. The molecule has 0 bridgehead atoms. The van der Waals surface area contributed by atoms with Gasteiger partial charge >= 0.3 is 5.97 Å². The first-order valence-corrected chi connectivity index (χ1v) is 12.4. The summed E-state index contributed by atoms with van der Waals surface area (Å²) in [6, 6.07) is 11.0. The van der Waals surface area contributed by atoms with Crippen molar-refractivity contribution in [2.24, 2.45) is 5.84 Å². The van der Waals surface area contributed by atoms with Crippen LogP contribution in [0.5, 0.6) is 11.5 Å². The van der Waals surface area contributed by atoms with E-state index in [0.29, 0.717) is 35.8 Å². The molecule has 7 N–H and O–H groups in total. The first-order chi connectivity index (χ1) is 18.4. The van der Waals surface area contributed by atoms with E-state index in [0.717, 1.165) is 36.8 Å². The smallest absolute Gasteiger partial charge is 0.328 e. The number of hydrogen-bond donors (Lipinski definition) is 5. The van der Waals surface area contributed by atoms with Gasteiger partial charge in [0.15, 0.2) is 5.82 Å². The number of nitrogens with zero attached hydrogens (tertiary/aromatic N) is 2. The Hall–Kier alpha value is -4.35. The maximum atomic E-state index is 12.3. The van der Waals surface area contributed by atoms with E-state index < -0.39 is 11.5 Å². The molecule has 0 spiro atoms. The number of carboxylic acids is 1. The normalized spacial score (nSPS) is 13.6. The van der Waals surface area contributed by atoms with Crippen LogP contribution < -0.4 is 32.0 Å². The summed E-state index contributed by atoms with van der Waals surface area (Å²) in [7, 11) is 0. The number of aromatic nitrogens is 2. The Labute approximate surface area is 220 Å². The Morgan fingerprint density at radius 3 is 2.66 bits per heavy atom. The van der Waals surface area contributed by atoms with E-state index in [1.165, 1.54) is 18.9 Å². The van der Waals surface area contributed by atoms with E-state index in [1.54, 1.807) is 6.07 Å². The van der Waals surface area contributed by atoms with Crippen molar-refractivity contribution in [3.05, 3.63) is 58.4 Å². The number of nitrogens with two attached hydrogens (primary N) is 2. The second kappa shape index (κ2) is 12.3. The Balaban J connectivity index is 1.73. The number of aromatic amines is 1. The third-order valence-corrected chi connectivity index (χ3v) is 6.23. The first-order valence-electron chi connectivity index (χ1n) is 12.4. The van der Waals surface area contributed by atoms with E-state index in [4.69, 9.17) is 26.2 Å². The molecule has 1 aliphatic heterocycles. The van der Waals surface area contributed by atoms with Crippen LogP contribution in [0, 0.1) is 0 Å². The van der Waals surface area contributed by atoms with Crippen molar-refractivity contribution in [3.63, 3.8) is 0 Å². The number of aliphatic carboxylic acids is 1. The number of carbonyl (C=O) groups is 1. The predicted octanol–water partition coefficient (Wildman–Crippen LogP) is 2.94. The van der Waals surface area contributed by atoms with Gasteiger partial charge in [-0.25, -0.2) is 15.6 Å². The quantitative estimate of drug-likeness (QED) is 0.144. The van der Waals surface area contributed by atoms with Crippen LogP contribution in [0.25, 0.3) is 28.6 Å². The standard InChI is InChI=1S/C27H32N6O5/c1-2-37-22-16-18(7-8-19(22)25-30-26(32-29)24(28)27(36)31-25)20-15-17(6-10-23(34)35)5-9-21(20)38-14-13-33-11-3-4-12-33/h5-10,15-16H,2-4,11-14,28-29H2,1H3,(H,34,35)(H2,30,31,32,36)/b10-6+. The van der Waals surface area contributed by atoms with E-state index in [1.807, 2.05) is 37.3 Å². The topological polar surface area (TPSA) is 169 Å². The van der Waals surface area contributed by atoms with Crippen LogP contribution in [0.15, 0.2) is 47.3 Å². The summed E-state index contributed by atoms with van der Waals surface area (Å²) >= 11 is 0. The van der Waals surface area contributed by atoms with Gasteiger partial charge in [-0.2, -0.15) is 0 Å². The molecule has 0 amide bonds. The van der Waals surface area contributed by atoms with Gasteiger partial charge < -0.3 is 30.7 Å². The zero-order valence-corrected chi connectivity index (χ0v) is 21.2. The molecule has 200 valence electrons. The number of H-pyrrole nitrogens is 1. The van der Waals surface area contributed by atoms with E-state index in [9.17, 15) is 9.59 Å². The van der Waals surface area contributed by atoms with Gasteiger partial charge in [-0.05, 0) is 74.3 Å². The summed E-state index contributed by atoms with van der Waals surface area (Å²) in [6.07, 6.45) is 5.04. The molecule has 3 aromatic rings. The van der Waals surface area contributed by atoms with Gasteiger partial charge in [-0.1, -0.05) is 12.1 Å². The minimum Gasteiger partial charge on any atom is -0.493 e. The number of hydrogen-bond acceptors (Lipinski definition) is 9. The molecule has 1 fully saturated rings. The molecular formula is C27H32N6O5. The fourth-order valence-corrected chi connectivity index (χ4v) is 4.34. The molecule has 38 heavy (non-hydrogen) atoms. The highest BCUT2D eigenvalue weighted by Gasteiger charge is 2.17. The molecule has 11 nitrogen and oxygen atoms in total. The van der Waals surface area contributed by atoms with Crippen LogP contribution in [0.1, 0.15) is 25.3 Å². The lowest BCUT2D eigenvalue weighted by Gasteiger charge is -2.18. The molecule has 0 saturated carbocycles. The maximum Gasteiger partial charge on any atom is 0.328 e. The molecule has 0 unspecified atom stereocenters. The molecule has 2 heterocycles. The van der Waals surface area contributed by atoms with Crippen molar-refractivity contribution in [2.45, 2.75) is 19.8 Å². The van der Waals surface area contributed by atoms with Crippen molar-refractivity contribution in [1.29, 1.82) is 0 Å². The third kappa shape index (κ3) is 6.31. The fourth-order valence-electron chi connectivity index (χ4n) is 4.34. The van der Waals surface area contributed by atoms with E-state index in [-0.39, 0.29) is 17.3 Å². The molecule has 1 aliphatic rings. The second-order valence-electron chi connectivity index (χ2n) is 8.79. The zero-order valence-electron chi connectivity index (χ0n) is 21.2. The van der Waals surface area contributed by atoms with Crippen molar-refractivity contribution < 1.29 is 19.4 Å². The molecule has 1 aromatic heterocycles. The Morgan fingerprint density at radius 2 is 1.95 bits per heavy atom. The van der Waals surface area contributed by atoms with Gasteiger partial charge in [0.25, 0.3) is 5.56 Å². The van der Waals surface area contributed by atoms with Gasteiger partial charge in [-0.15, -0.1) is 0 Å². The minimum absolute atomic E-state index is 0.0573. The van der Waals surface area contributed by atoms with Gasteiger partial charge in [0.1, 0.15) is 29.6 Å². The van der Waals surface area contributed by atoms with Crippen molar-refractivity contribution >= 4 is 23.6 Å². The highest BCUT2D eigenvalue weighted by atomic mass is 16.5. The molecule has 0 radical (unpaired) electrons. The summed E-state index contributed by atoms with van der Waals surface area (Å²) < 4.78 is 12.1. The average Bonchev–Trinajstić information content (AvgIpc) is 3.43. The molecule has 0 aliphatic carbocycles. The number of nitrogen functional groups attached to an aromatic ring is 2. The molecule has 1 saturated heterocycles. The van der Waals surface area contributed by atoms with Crippen LogP contribution in [0.4, 0.5) is 11.5 Å². The summed E-state index contributed by atoms with van der Waals surface area (Å²) in [4.78, 5) is 32.7. The number of anilines is 2. The predicted molar refractivity (Wildman–Crippen MR) is 147 cm³/mol. The Kier molecular flexibility index (Phi) is 8.62. The van der Waals surface area contributed by atoms with E-state index >= 15 is 0 Å². The third-order valence-electron chi connectivity index (χ3n) is 6.23. The molecular weight excluding hydrogens is 488 g/mol. The van der Waals surface area contributed by atoms with Crippen molar-refractivity contribution in [1.82, 2.24) is 14.9 Å². The van der Waals surface area contributed by atoms with Gasteiger partial charge in [0.2, 0.25) is 0 Å². The van der Waals surface area contributed by atoms with Gasteiger partial charge in [-0.3, -0.25) is 9.69 Å². The van der Waals surface area contributed by atoms with Crippen LogP contribution in [-0.4, -0.2) is 58.8 Å². The average molecular weight is 521 g/mol. The Morgan fingerprint density at radius 1 is 1.16 bits per heavy atom. The van der Waals surface area contributed by atoms with Crippen LogP contribution in [-0.2, 0) is 4.79 Å². The van der Waals surface area contributed by atoms with Gasteiger partial charge in [0, 0.05) is 18.2 Å². The zero-order chi connectivity index (χ0) is 27.1. The number of likely N-dealkylation sites (tertiary alicyclic amines) is 1. The SMILES string of the molecule is CCOc1cc(-c2cc(/C=C/C(=O)O)ccc2OCCN2CCCC2)ccc1-c1nc(NN)c(N)c(=O)[nH]1. The number of rotatable bonds is 11. The molecule has 4 rings (SSSR count). The maximum absolute atomic E-state index is 12.3. The van der Waals surface area contributed by atoms with E-state index in [2.05, 4.69) is 20.3 Å². The summed E-state index contributed by atoms with van der Waals surface area (Å²) in [5.74, 6) is 5.90. The number of ether oxygens (including phenoxy) is 2. The lowest BCUT2D eigenvalue weighted by atomic mass is 9.99. The largest absolute Gasteiger partial charge is 0.493 e. The van der Waals surface area contributed by atoms with Gasteiger partial charge in [0.05, 0.1) is 12.2 Å². The number of carboxylic acid groups (broad SMARTS) is 1. The fraction of sp³-hybridized carbons (Fsp3) is 0.296. The lowest BCUT2D eigenvalue weighted by molar-refractivity contribution is -0.131. The van der Waals surface area contributed by atoms with Crippen LogP contribution in [0.2, 0.25) is 0 Å². The summed E-state index contributed by atoms with van der Waals surface area (Å²) in [6.45, 7) is 5.75. The van der Waals surface area contributed by atoms with Crippen molar-refractivity contribution in [2.75, 3.05) is 44.0 Å². The number of hydrazine groups is 1. The van der Waals surface area contributed by atoms with Crippen LogP contribution in [0.3, 0.4) is 0 Å². The highest BCUT2D eigenvalue weighted by Crippen LogP contribution is 2.37. The Bertz CT molecular complexity index is 1380. The molecule has 2 aromatic carbocycles. The minimum atomic E-state index is -1.03. The highest BCUT2D eigenvalue weighted by molar-refractivity contribution is 5.86. The second-order valence-corrected chi connectivity index (χ2v) is 8.79. The first kappa shape index (κ1) is 26.7. The van der Waals surface area contributed by atoms with Crippen molar-refractivity contribution in [3.8, 4) is 34.0 Å². The number of nitrogens with one attached hydrogen (secondary N) is 2. The van der Waals surface area contributed by atoms with Crippen LogP contribution >= 0.6 is 0 Å². The molecule has 0 atom stereocenters. The lowest BCUT2D eigenvalue weighted by Crippen LogP contribution is -2.25. The summed E-state index contributed by atoms with van der Waals surface area (Å²) in [5.41, 5.74) is 10.3. The monoisotopic (exact) mass is 520 g/mol. The number of benzene rings is 2.